The second-order valence-electron chi connectivity index (χ2n) is 3.66. The van der Waals surface area contributed by atoms with Gasteiger partial charge in [0, 0.05) is 5.56 Å². The highest BCUT2D eigenvalue weighted by Gasteiger charge is 2.05. The highest BCUT2D eigenvalue weighted by Crippen LogP contribution is 2.22. The van der Waals surface area contributed by atoms with Crippen LogP contribution in [0.25, 0.3) is 6.08 Å². The third-order valence-corrected chi connectivity index (χ3v) is 2.36. The largest absolute Gasteiger partial charge is 0.490 e. The van der Waals surface area contributed by atoms with E-state index in [2.05, 4.69) is 0 Å². The van der Waals surface area contributed by atoms with Crippen LogP contribution in [0.3, 0.4) is 0 Å². The lowest BCUT2D eigenvalue weighted by Crippen LogP contribution is -2.10. The molecule has 0 saturated heterocycles. The van der Waals surface area contributed by atoms with E-state index in [1.807, 2.05) is 50.3 Å². The van der Waals surface area contributed by atoms with Crippen molar-refractivity contribution in [1.82, 2.24) is 0 Å². The predicted molar refractivity (Wildman–Crippen MR) is 66.0 cm³/mol. The first-order valence-corrected chi connectivity index (χ1v) is 5.48. The number of allylic oxidation sites excluding steroid dienone is 1. The monoisotopic (exact) mass is 226 g/mol. The number of hydrogen-bond acceptors (Lipinski definition) is 3. The van der Waals surface area contributed by atoms with Gasteiger partial charge in [0.1, 0.15) is 23.5 Å². The quantitative estimate of drug-likeness (QED) is 0.740. The van der Waals surface area contributed by atoms with Crippen molar-refractivity contribution in [1.29, 1.82) is 10.5 Å². The first kappa shape index (κ1) is 12.8. The zero-order valence-electron chi connectivity index (χ0n) is 9.97. The van der Waals surface area contributed by atoms with E-state index < -0.39 is 0 Å². The normalized spacial score (nSPS) is 10.8. The average molecular weight is 226 g/mol. The molecule has 0 aliphatic carbocycles. The number of nitriles is 2. The van der Waals surface area contributed by atoms with Crippen molar-refractivity contribution in [3.63, 3.8) is 0 Å². The predicted octanol–water partition coefficient (Wildman–Crippen LogP) is 3.29. The maximum absolute atomic E-state index is 8.72. The molecule has 1 atom stereocenters. The molecule has 0 aliphatic heterocycles. The molecule has 0 heterocycles. The molecular formula is C14H14N2O. The third-order valence-electron chi connectivity index (χ3n) is 2.36. The van der Waals surface area contributed by atoms with Crippen molar-refractivity contribution in [3.05, 3.63) is 35.4 Å². The Morgan fingerprint density at radius 1 is 1.35 bits per heavy atom. The van der Waals surface area contributed by atoms with Gasteiger partial charge in [-0.25, -0.2) is 0 Å². The molecule has 0 amide bonds. The molecule has 1 rings (SSSR count). The fourth-order valence-electron chi connectivity index (χ4n) is 1.25. The number of benzene rings is 1. The van der Waals surface area contributed by atoms with Crippen LogP contribution in [0.1, 0.15) is 25.8 Å². The Labute approximate surface area is 102 Å². The number of rotatable bonds is 4. The first-order valence-electron chi connectivity index (χ1n) is 5.48. The average Bonchev–Trinajstić information content (AvgIpc) is 2.37. The van der Waals surface area contributed by atoms with Gasteiger partial charge in [0.25, 0.3) is 0 Å². The second-order valence-corrected chi connectivity index (χ2v) is 3.66. The van der Waals surface area contributed by atoms with E-state index in [9.17, 15) is 0 Å². The second kappa shape index (κ2) is 6.35. The van der Waals surface area contributed by atoms with Crippen molar-refractivity contribution in [2.24, 2.45) is 0 Å². The lowest BCUT2D eigenvalue weighted by atomic mass is 10.1. The summed E-state index contributed by atoms with van der Waals surface area (Å²) in [5, 5.41) is 17.4. The van der Waals surface area contributed by atoms with Crippen LogP contribution in [-0.4, -0.2) is 6.10 Å². The fourth-order valence-corrected chi connectivity index (χ4v) is 1.25. The zero-order chi connectivity index (χ0) is 12.7. The van der Waals surface area contributed by atoms with E-state index >= 15 is 0 Å². The molecule has 86 valence electrons. The smallest absolute Gasteiger partial charge is 0.130 e. The summed E-state index contributed by atoms with van der Waals surface area (Å²) in [5.41, 5.74) is 0.830. The molecule has 1 aromatic carbocycles. The fraction of sp³-hybridized carbons (Fsp3) is 0.286. The first-order chi connectivity index (χ1) is 8.21. The number of nitrogens with zero attached hydrogens (tertiary/aromatic N) is 2. The molecule has 0 radical (unpaired) electrons. The summed E-state index contributed by atoms with van der Waals surface area (Å²) in [6.07, 6.45) is 2.55. The topological polar surface area (TPSA) is 56.8 Å². The molecule has 0 aromatic heterocycles. The summed E-state index contributed by atoms with van der Waals surface area (Å²) in [4.78, 5) is 0. The number of ether oxygens (including phenoxy) is 1. The summed E-state index contributed by atoms with van der Waals surface area (Å²) in [7, 11) is 0. The Hall–Kier alpha value is -2.26. The summed E-state index contributed by atoms with van der Waals surface area (Å²) in [6.45, 7) is 4.02. The minimum absolute atomic E-state index is 0.0743. The van der Waals surface area contributed by atoms with Crippen molar-refractivity contribution in [2.75, 3.05) is 0 Å². The van der Waals surface area contributed by atoms with E-state index in [4.69, 9.17) is 15.3 Å². The molecule has 3 nitrogen and oxygen atoms in total. The van der Waals surface area contributed by atoms with Gasteiger partial charge in [-0.15, -0.1) is 0 Å². The zero-order valence-corrected chi connectivity index (χ0v) is 9.97. The molecule has 3 heteroatoms. The van der Waals surface area contributed by atoms with E-state index in [0.717, 1.165) is 12.0 Å². The van der Waals surface area contributed by atoms with Gasteiger partial charge < -0.3 is 4.74 Å². The minimum atomic E-state index is 0.0743. The summed E-state index contributed by atoms with van der Waals surface area (Å²) < 4.78 is 5.72. The summed E-state index contributed by atoms with van der Waals surface area (Å²) in [6, 6.07) is 11.1. The highest BCUT2D eigenvalue weighted by molar-refractivity contribution is 5.66. The van der Waals surface area contributed by atoms with Gasteiger partial charge in [0.2, 0.25) is 0 Å². The summed E-state index contributed by atoms with van der Waals surface area (Å²) >= 11 is 0. The Morgan fingerprint density at radius 2 is 2.00 bits per heavy atom. The van der Waals surface area contributed by atoms with Gasteiger partial charge in [-0.05, 0) is 25.5 Å². The van der Waals surface area contributed by atoms with Gasteiger partial charge in [0.05, 0.1) is 6.10 Å². The van der Waals surface area contributed by atoms with Crippen LogP contribution in [0.5, 0.6) is 5.75 Å². The van der Waals surface area contributed by atoms with Crippen molar-refractivity contribution in [2.45, 2.75) is 26.4 Å². The third kappa shape index (κ3) is 3.66. The molecule has 0 spiro atoms. The van der Waals surface area contributed by atoms with Gasteiger partial charge >= 0.3 is 0 Å². The molecular weight excluding hydrogens is 212 g/mol. The molecule has 0 aliphatic rings. The van der Waals surface area contributed by atoms with Crippen LogP contribution < -0.4 is 4.74 Å². The number of hydrogen-bond donors (Lipinski definition) is 0. The lowest BCUT2D eigenvalue weighted by Gasteiger charge is -2.14. The minimum Gasteiger partial charge on any atom is -0.490 e. The molecule has 17 heavy (non-hydrogen) atoms. The molecule has 0 fully saturated rings. The maximum Gasteiger partial charge on any atom is 0.130 e. The summed E-state index contributed by atoms with van der Waals surface area (Å²) in [5.74, 6) is 0.699. The van der Waals surface area contributed by atoms with Crippen molar-refractivity contribution >= 4 is 6.08 Å². The Morgan fingerprint density at radius 3 is 2.59 bits per heavy atom. The highest BCUT2D eigenvalue weighted by atomic mass is 16.5. The van der Waals surface area contributed by atoms with E-state index in [1.54, 1.807) is 0 Å². The molecule has 0 unspecified atom stereocenters. The SMILES string of the molecule is CC[C@@H](C)Oc1ccccc1C=C(C#N)C#N. The van der Waals surface area contributed by atoms with Gasteiger partial charge in [-0.3, -0.25) is 0 Å². The Kier molecular flexibility index (Phi) is 4.78. The number of para-hydroxylation sites is 1. The maximum atomic E-state index is 8.72. The molecule has 0 saturated carbocycles. The van der Waals surface area contributed by atoms with Crippen LogP contribution in [0.15, 0.2) is 29.8 Å². The van der Waals surface area contributed by atoms with Crippen LogP contribution in [0.2, 0.25) is 0 Å². The van der Waals surface area contributed by atoms with Gasteiger partial charge in [-0.2, -0.15) is 10.5 Å². The molecule has 1 aromatic rings. The standard InChI is InChI=1S/C14H14N2O/c1-3-11(2)17-14-7-5-4-6-13(14)8-12(9-15)10-16/h4-8,11H,3H2,1-2H3/t11-/m1/s1. The van der Waals surface area contributed by atoms with Crippen LogP contribution in [0, 0.1) is 22.7 Å². The van der Waals surface area contributed by atoms with Crippen LogP contribution in [0.4, 0.5) is 0 Å². The molecule has 0 bridgehead atoms. The van der Waals surface area contributed by atoms with E-state index in [-0.39, 0.29) is 11.7 Å². The van der Waals surface area contributed by atoms with Crippen molar-refractivity contribution < 1.29 is 4.74 Å². The van der Waals surface area contributed by atoms with E-state index in [0.29, 0.717) is 5.75 Å². The molecule has 0 N–H and O–H groups in total. The lowest BCUT2D eigenvalue weighted by molar-refractivity contribution is 0.217. The van der Waals surface area contributed by atoms with Gasteiger partial charge in [0.15, 0.2) is 0 Å². The van der Waals surface area contributed by atoms with Gasteiger partial charge in [-0.1, -0.05) is 25.1 Å². The van der Waals surface area contributed by atoms with Crippen molar-refractivity contribution in [3.8, 4) is 17.9 Å². The van der Waals surface area contributed by atoms with Crippen LogP contribution in [-0.2, 0) is 0 Å². The van der Waals surface area contributed by atoms with Crippen LogP contribution >= 0.6 is 0 Å². The Bertz CT molecular complexity index is 476. The Balaban J connectivity index is 3.05. The van der Waals surface area contributed by atoms with E-state index in [1.165, 1.54) is 6.08 Å².